The van der Waals surface area contributed by atoms with Crippen LogP contribution in [-0.2, 0) is 11.2 Å². The highest BCUT2D eigenvalue weighted by atomic mass is 32.1. The Labute approximate surface area is 125 Å². The van der Waals surface area contributed by atoms with Gasteiger partial charge in [-0.3, -0.25) is 4.79 Å². The van der Waals surface area contributed by atoms with Crippen molar-refractivity contribution in [1.82, 2.24) is 5.32 Å². The minimum atomic E-state index is -0.439. The summed E-state index contributed by atoms with van der Waals surface area (Å²) in [6, 6.07) is 9.85. The quantitative estimate of drug-likeness (QED) is 0.791. The molecule has 108 valence electrons. The Bertz CT molecular complexity index is 494. The van der Waals surface area contributed by atoms with E-state index in [9.17, 15) is 4.79 Å². The summed E-state index contributed by atoms with van der Waals surface area (Å²) in [5.74, 6) is 0.0823. The summed E-state index contributed by atoms with van der Waals surface area (Å²) in [7, 11) is 0. The van der Waals surface area contributed by atoms with E-state index in [1.165, 1.54) is 12.8 Å². The van der Waals surface area contributed by atoms with E-state index in [4.69, 9.17) is 18.0 Å². The second-order valence-corrected chi connectivity index (χ2v) is 6.60. The van der Waals surface area contributed by atoms with Crippen molar-refractivity contribution in [2.24, 2.45) is 17.6 Å². The van der Waals surface area contributed by atoms with E-state index in [-0.39, 0.29) is 16.4 Å². The van der Waals surface area contributed by atoms with Crippen LogP contribution in [0.25, 0.3) is 0 Å². The summed E-state index contributed by atoms with van der Waals surface area (Å²) in [4.78, 5) is 12.7. The fraction of sp³-hybridized carbons (Fsp3) is 0.500. The topological polar surface area (TPSA) is 55.1 Å². The normalized spacial score (nSPS) is 16.5. The monoisotopic (exact) mass is 290 g/mol. The molecule has 0 saturated heterocycles. The molecule has 1 aliphatic rings. The molecule has 1 amide bonds. The molecule has 0 aliphatic heterocycles. The fourth-order valence-corrected chi connectivity index (χ4v) is 2.67. The molecule has 0 spiro atoms. The maximum absolute atomic E-state index is 12.5. The average molecular weight is 290 g/mol. The number of rotatable bonds is 6. The highest BCUT2D eigenvalue weighted by molar-refractivity contribution is 7.80. The lowest BCUT2D eigenvalue weighted by atomic mass is 9.94. The first kappa shape index (κ1) is 15.0. The van der Waals surface area contributed by atoms with Crippen LogP contribution < -0.4 is 11.1 Å². The molecular formula is C16H22N2OS. The number of amides is 1. The molecule has 1 fully saturated rings. The number of benzene rings is 1. The van der Waals surface area contributed by atoms with Gasteiger partial charge in [-0.15, -0.1) is 0 Å². The number of carbonyl (C=O) groups is 1. The van der Waals surface area contributed by atoms with E-state index in [0.29, 0.717) is 12.3 Å². The van der Waals surface area contributed by atoms with Crippen LogP contribution in [0.1, 0.15) is 32.3 Å². The Morgan fingerprint density at radius 3 is 2.50 bits per heavy atom. The third-order valence-electron chi connectivity index (χ3n) is 3.99. The highest BCUT2D eigenvalue weighted by Crippen LogP contribution is 2.39. The van der Waals surface area contributed by atoms with Gasteiger partial charge in [0.25, 0.3) is 0 Å². The van der Waals surface area contributed by atoms with Crippen LogP contribution in [0.3, 0.4) is 0 Å². The maximum Gasteiger partial charge on any atom is 0.230 e. The van der Waals surface area contributed by atoms with E-state index in [1.807, 2.05) is 30.3 Å². The third kappa shape index (κ3) is 3.79. The smallest absolute Gasteiger partial charge is 0.230 e. The van der Waals surface area contributed by atoms with Crippen LogP contribution in [0.4, 0.5) is 0 Å². The first-order valence-corrected chi connectivity index (χ1v) is 7.46. The molecule has 0 heterocycles. The van der Waals surface area contributed by atoms with Gasteiger partial charge in [-0.25, -0.2) is 0 Å². The Morgan fingerprint density at radius 2 is 2.00 bits per heavy atom. The molecule has 0 bridgehead atoms. The zero-order valence-electron chi connectivity index (χ0n) is 12.1. The zero-order valence-corrected chi connectivity index (χ0v) is 12.9. The standard InChI is InChI=1S/C16H22N2OS/c1-16(2,12-8-9-12)18-15(19)13(14(17)20)10-11-6-4-3-5-7-11/h3-7,12-13H,8-10H2,1-2H3,(H2,17,20)(H,18,19). The van der Waals surface area contributed by atoms with Crippen molar-refractivity contribution in [3.63, 3.8) is 0 Å². The van der Waals surface area contributed by atoms with E-state index < -0.39 is 5.92 Å². The minimum Gasteiger partial charge on any atom is -0.393 e. The van der Waals surface area contributed by atoms with Crippen molar-refractivity contribution < 1.29 is 4.79 Å². The summed E-state index contributed by atoms with van der Waals surface area (Å²) in [5, 5.41) is 3.11. The molecule has 1 atom stereocenters. The maximum atomic E-state index is 12.5. The lowest BCUT2D eigenvalue weighted by molar-refractivity contribution is -0.124. The Hall–Kier alpha value is -1.42. The molecule has 1 unspecified atom stereocenters. The summed E-state index contributed by atoms with van der Waals surface area (Å²) in [5.41, 5.74) is 6.67. The number of hydrogen-bond donors (Lipinski definition) is 2. The average Bonchev–Trinajstić information content (AvgIpc) is 3.20. The molecule has 1 aromatic rings. The van der Waals surface area contributed by atoms with E-state index in [2.05, 4.69) is 19.2 Å². The Kier molecular flexibility index (Phi) is 4.43. The van der Waals surface area contributed by atoms with Crippen LogP contribution in [0.2, 0.25) is 0 Å². The molecule has 4 heteroatoms. The number of carbonyl (C=O) groups excluding carboxylic acids is 1. The molecule has 3 nitrogen and oxygen atoms in total. The molecule has 1 aromatic carbocycles. The predicted octanol–water partition coefficient (Wildman–Crippen LogP) is 2.44. The van der Waals surface area contributed by atoms with Gasteiger partial charge in [-0.1, -0.05) is 42.5 Å². The minimum absolute atomic E-state index is 0.0572. The second kappa shape index (κ2) is 5.92. The van der Waals surface area contributed by atoms with Gasteiger partial charge in [0.05, 0.1) is 10.9 Å². The summed E-state index contributed by atoms with van der Waals surface area (Å²) in [6.45, 7) is 4.14. The van der Waals surface area contributed by atoms with Gasteiger partial charge in [0.15, 0.2) is 0 Å². The van der Waals surface area contributed by atoms with Gasteiger partial charge >= 0.3 is 0 Å². The first-order valence-electron chi connectivity index (χ1n) is 7.05. The van der Waals surface area contributed by atoms with Crippen LogP contribution in [0.5, 0.6) is 0 Å². The van der Waals surface area contributed by atoms with Gasteiger partial charge in [0.1, 0.15) is 0 Å². The van der Waals surface area contributed by atoms with E-state index in [1.54, 1.807) is 0 Å². The number of hydrogen-bond acceptors (Lipinski definition) is 2. The lowest BCUT2D eigenvalue weighted by Gasteiger charge is -2.28. The number of nitrogens with one attached hydrogen (secondary N) is 1. The van der Waals surface area contributed by atoms with Crippen molar-refractivity contribution >= 4 is 23.1 Å². The molecule has 0 aromatic heterocycles. The van der Waals surface area contributed by atoms with Crippen molar-refractivity contribution in [3.05, 3.63) is 35.9 Å². The van der Waals surface area contributed by atoms with Crippen LogP contribution in [-0.4, -0.2) is 16.4 Å². The largest absolute Gasteiger partial charge is 0.393 e. The van der Waals surface area contributed by atoms with E-state index in [0.717, 1.165) is 5.56 Å². The van der Waals surface area contributed by atoms with Crippen molar-refractivity contribution in [3.8, 4) is 0 Å². The van der Waals surface area contributed by atoms with Crippen LogP contribution in [0.15, 0.2) is 30.3 Å². The first-order chi connectivity index (χ1) is 9.40. The van der Waals surface area contributed by atoms with Gasteiger partial charge in [0.2, 0.25) is 5.91 Å². The highest BCUT2D eigenvalue weighted by Gasteiger charge is 2.40. The fourth-order valence-electron chi connectivity index (χ4n) is 2.48. The molecule has 1 aliphatic carbocycles. The van der Waals surface area contributed by atoms with Gasteiger partial charge in [-0.2, -0.15) is 0 Å². The Balaban J connectivity index is 2.04. The van der Waals surface area contributed by atoms with Crippen LogP contribution in [0, 0.1) is 11.8 Å². The SMILES string of the molecule is CC(C)(NC(=O)C(Cc1ccccc1)C(N)=S)C1CC1. The van der Waals surface area contributed by atoms with Gasteiger partial charge in [-0.05, 0) is 44.6 Å². The van der Waals surface area contributed by atoms with Crippen molar-refractivity contribution in [1.29, 1.82) is 0 Å². The van der Waals surface area contributed by atoms with Crippen LogP contribution >= 0.6 is 12.2 Å². The summed E-state index contributed by atoms with van der Waals surface area (Å²) in [6.07, 6.45) is 2.93. The predicted molar refractivity (Wildman–Crippen MR) is 85.4 cm³/mol. The molecule has 3 N–H and O–H groups in total. The van der Waals surface area contributed by atoms with Crippen molar-refractivity contribution in [2.45, 2.75) is 38.6 Å². The summed E-state index contributed by atoms with van der Waals surface area (Å²) >= 11 is 5.08. The Morgan fingerprint density at radius 1 is 1.40 bits per heavy atom. The molecule has 2 rings (SSSR count). The van der Waals surface area contributed by atoms with Gasteiger partial charge in [0, 0.05) is 5.54 Å². The third-order valence-corrected chi connectivity index (χ3v) is 4.27. The molecule has 1 saturated carbocycles. The number of nitrogens with two attached hydrogens (primary N) is 1. The lowest BCUT2D eigenvalue weighted by Crippen LogP contribution is -2.50. The number of thiocarbonyl (C=S) groups is 1. The summed E-state index contributed by atoms with van der Waals surface area (Å²) < 4.78 is 0. The zero-order chi connectivity index (χ0) is 14.8. The second-order valence-electron chi connectivity index (χ2n) is 6.13. The molecule has 0 radical (unpaired) electrons. The van der Waals surface area contributed by atoms with E-state index >= 15 is 0 Å². The molecule has 20 heavy (non-hydrogen) atoms. The van der Waals surface area contributed by atoms with Crippen molar-refractivity contribution in [2.75, 3.05) is 0 Å². The van der Waals surface area contributed by atoms with Gasteiger partial charge < -0.3 is 11.1 Å². The molecular weight excluding hydrogens is 268 g/mol.